The highest BCUT2D eigenvalue weighted by atomic mass is 35.5. The number of hydrogen-bond acceptors (Lipinski definition) is 3. The topological polar surface area (TPSA) is 46.3 Å². The van der Waals surface area contributed by atoms with Crippen LogP contribution in [0.3, 0.4) is 0 Å². The lowest BCUT2D eigenvalue weighted by Gasteiger charge is -2.17. The van der Waals surface area contributed by atoms with Crippen molar-refractivity contribution in [3.05, 3.63) is 51.9 Å². The largest absolute Gasteiger partial charge is 0.416 e. The second kappa shape index (κ2) is 7.25. The Morgan fingerprint density at radius 2 is 1.92 bits per heavy atom. The summed E-state index contributed by atoms with van der Waals surface area (Å²) in [5.41, 5.74) is 1.24. The summed E-state index contributed by atoms with van der Waals surface area (Å²) in [5.74, 6) is -0.147. The van der Waals surface area contributed by atoms with Crippen LogP contribution < -0.4 is 0 Å². The van der Waals surface area contributed by atoms with E-state index in [-0.39, 0.29) is 24.1 Å². The van der Waals surface area contributed by atoms with Crippen LogP contribution in [0.25, 0.3) is 0 Å². The summed E-state index contributed by atoms with van der Waals surface area (Å²) in [6, 6.07) is 4.75. The molecule has 0 aliphatic heterocycles. The molecule has 2 aromatic rings. The molecular weight excluding hydrogens is 345 g/mol. The number of aromatic nitrogens is 1. The van der Waals surface area contributed by atoms with Crippen molar-refractivity contribution in [3.63, 3.8) is 0 Å². The smallest absolute Gasteiger partial charge is 0.344 e. The highest BCUT2D eigenvalue weighted by Crippen LogP contribution is 2.29. The van der Waals surface area contributed by atoms with E-state index in [4.69, 9.17) is 16.1 Å². The Balaban J connectivity index is 1.92. The third-order valence-corrected chi connectivity index (χ3v) is 3.95. The third-order valence-electron chi connectivity index (χ3n) is 3.65. The van der Waals surface area contributed by atoms with Crippen molar-refractivity contribution in [1.82, 2.24) is 10.1 Å². The molecule has 8 heteroatoms. The van der Waals surface area contributed by atoms with Crippen molar-refractivity contribution in [2.24, 2.45) is 0 Å². The molecule has 1 amide bonds. The number of carbonyl (C=O) groups excluding carboxylic acids is 1. The van der Waals surface area contributed by atoms with Gasteiger partial charge in [-0.25, -0.2) is 0 Å². The Morgan fingerprint density at radius 3 is 2.42 bits per heavy atom. The van der Waals surface area contributed by atoms with Gasteiger partial charge in [0.2, 0.25) is 11.1 Å². The fourth-order valence-electron chi connectivity index (χ4n) is 2.22. The van der Waals surface area contributed by atoms with Crippen LogP contribution in [-0.4, -0.2) is 23.0 Å². The summed E-state index contributed by atoms with van der Waals surface area (Å²) in [4.78, 5) is 13.6. The standard InChI is InChI=1S/C16H16ClF3N2O2/c1-10-13(15(17)24-21-10)7-8-14(23)22(2)9-11-3-5-12(6-4-11)16(18,19)20/h3-6H,7-9H2,1-2H3. The molecule has 0 bridgehead atoms. The SMILES string of the molecule is Cc1noc(Cl)c1CCC(=O)N(C)Cc1ccc(C(F)(F)F)cc1. The first-order valence-electron chi connectivity index (χ1n) is 7.19. The molecule has 1 aromatic heterocycles. The number of hydrogen-bond donors (Lipinski definition) is 0. The molecule has 1 aromatic carbocycles. The molecule has 0 saturated carbocycles. The Labute approximate surface area is 142 Å². The van der Waals surface area contributed by atoms with Gasteiger partial charge < -0.3 is 9.42 Å². The van der Waals surface area contributed by atoms with Crippen molar-refractivity contribution in [1.29, 1.82) is 0 Å². The van der Waals surface area contributed by atoms with Crippen molar-refractivity contribution in [2.75, 3.05) is 7.05 Å². The zero-order chi connectivity index (χ0) is 17.9. The molecule has 0 N–H and O–H groups in total. The first-order chi connectivity index (χ1) is 11.2. The predicted molar refractivity (Wildman–Crippen MR) is 82.5 cm³/mol. The highest BCUT2D eigenvalue weighted by Gasteiger charge is 2.30. The molecule has 24 heavy (non-hydrogen) atoms. The number of halogens is 4. The molecule has 1 heterocycles. The summed E-state index contributed by atoms with van der Waals surface area (Å²) in [6.45, 7) is 1.97. The Bertz CT molecular complexity index is 692. The van der Waals surface area contributed by atoms with Gasteiger partial charge in [-0.2, -0.15) is 13.2 Å². The van der Waals surface area contributed by atoms with Gasteiger partial charge in [-0.1, -0.05) is 17.3 Å². The molecular formula is C16H16ClF3N2O2. The van der Waals surface area contributed by atoms with Crippen molar-refractivity contribution in [2.45, 2.75) is 32.5 Å². The van der Waals surface area contributed by atoms with E-state index in [9.17, 15) is 18.0 Å². The first-order valence-corrected chi connectivity index (χ1v) is 7.57. The third kappa shape index (κ3) is 4.50. The highest BCUT2D eigenvalue weighted by molar-refractivity contribution is 6.29. The van der Waals surface area contributed by atoms with Gasteiger partial charge in [0.15, 0.2) is 0 Å². The summed E-state index contributed by atoms with van der Waals surface area (Å²) < 4.78 is 42.4. The van der Waals surface area contributed by atoms with Crippen molar-refractivity contribution >= 4 is 17.5 Å². The zero-order valence-corrected chi connectivity index (χ0v) is 13.9. The molecule has 0 radical (unpaired) electrons. The van der Waals surface area contributed by atoms with Gasteiger partial charge in [0, 0.05) is 25.6 Å². The van der Waals surface area contributed by atoms with Gasteiger partial charge >= 0.3 is 6.18 Å². The lowest BCUT2D eigenvalue weighted by molar-refractivity contribution is -0.137. The predicted octanol–water partition coefficient (Wildman–Crippen LogP) is 4.25. The molecule has 2 rings (SSSR count). The first kappa shape index (κ1) is 18.3. The Morgan fingerprint density at radius 1 is 1.29 bits per heavy atom. The molecule has 4 nitrogen and oxygen atoms in total. The lowest BCUT2D eigenvalue weighted by Crippen LogP contribution is -2.26. The molecule has 130 valence electrons. The van der Waals surface area contributed by atoms with Crippen LogP contribution in [0, 0.1) is 6.92 Å². The van der Waals surface area contributed by atoms with Gasteiger partial charge in [0.25, 0.3) is 0 Å². The van der Waals surface area contributed by atoms with Gasteiger partial charge in [-0.3, -0.25) is 4.79 Å². The van der Waals surface area contributed by atoms with Crippen LogP contribution >= 0.6 is 11.6 Å². The fraction of sp³-hybridized carbons (Fsp3) is 0.375. The van der Waals surface area contributed by atoms with Crippen LogP contribution in [0.2, 0.25) is 5.22 Å². The van der Waals surface area contributed by atoms with Crippen LogP contribution in [0.4, 0.5) is 13.2 Å². The van der Waals surface area contributed by atoms with E-state index in [2.05, 4.69) is 5.16 Å². The average Bonchev–Trinajstić information content (AvgIpc) is 2.83. The number of aryl methyl sites for hydroxylation is 1. The molecule has 0 saturated heterocycles. The van der Waals surface area contributed by atoms with E-state index in [1.54, 1.807) is 14.0 Å². The number of alkyl halides is 3. The second-order valence-corrected chi connectivity index (χ2v) is 5.81. The fourth-order valence-corrected chi connectivity index (χ4v) is 2.49. The number of benzene rings is 1. The van der Waals surface area contributed by atoms with Crippen LogP contribution in [0.15, 0.2) is 28.8 Å². The lowest BCUT2D eigenvalue weighted by atomic mass is 10.1. The molecule has 0 spiro atoms. The molecule has 0 aliphatic rings. The van der Waals surface area contributed by atoms with E-state index < -0.39 is 11.7 Å². The number of carbonyl (C=O) groups is 1. The summed E-state index contributed by atoms with van der Waals surface area (Å²) in [7, 11) is 1.60. The number of nitrogens with zero attached hydrogens (tertiary/aromatic N) is 2. The van der Waals surface area contributed by atoms with Gasteiger partial charge in [0.1, 0.15) is 0 Å². The van der Waals surface area contributed by atoms with Crippen LogP contribution in [0.1, 0.15) is 28.8 Å². The second-order valence-electron chi connectivity index (χ2n) is 5.46. The number of amides is 1. The van der Waals surface area contributed by atoms with Crippen molar-refractivity contribution in [3.8, 4) is 0 Å². The minimum Gasteiger partial charge on any atom is -0.344 e. The van der Waals surface area contributed by atoms with Gasteiger partial charge in [0.05, 0.1) is 11.3 Å². The Hall–Kier alpha value is -2.02. The van der Waals surface area contributed by atoms with E-state index in [1.807, 2.05) is 0 Å². The summed E-state index contributed by atoms with van der Waals surface area (Å²) >= 11 is 5.84. The van der Waals surface area contributed by atoms with Gasteiger partial charge in [-0.05, 0) is 42.6 Å². The normalized spacial score (nSPS) is 11.6. The zero-order valence-electron chi connectivity index (χ0n) is 13.2. The molecule has 0 atom stereocenters. The minimum atomic E-state index is -4.37. The summed E-state index contributed by atoms with van der Waals surface area (Å²) in [6.07, 6.45) is -3.76. The maximum absolute atomic E-state index is 12.5. The van der Waals surface area contributed by atoms with Crippen LogP contribution in [-0.2, 0) is 23.9 Å². The molecule has 0 aliphatic carbocycles. The van der Waals surface area contributed by atoms with Crippen molar-refractivity contribution < 1.29 is 22.5 Å². The number of rotatable bonds is 5. The minimum absolute atomic E-state index is 0.147. The molecule has 0 unspecified atom stereocenters. The maximum atomic E-state index is 12.5. The molecule has 0 fully saturated rings. The van der Waals surface area contributed by atoms with E-state index >= 15 is 0 Å². The van der Waals surface area contributed by atoms with E-state index in [1.165, 1.54) is 17.0 Å². The van der Waals surface area contributed by atoms with E-state index in [0.29, 0.717) is 23.2 Å². The average molecular weight is 361 g/mol. The monoisotopic (exact) mass is 360 g/mol. The van der Waals surface area contributed by atoms with Crippen LogP contribution in [0.5, 0.6) is 0 Å². The van der Waals surface area contributed by atoms with E-state index in [0.717, 1.165) is 12.1 Å². The summed E-state index contributed by atoms with van der Waals surface area (Å²) in [5, 5.41) is 3.88. The Kier molecular flexibility index (Phi) is 5.54. The maximum Gasteiger partial charge on any atom is 0.416 e. The quantitative estimate of drug-likeness (QED) is 0.801. The van der Waals surface area contributed by atoms with Gasteiger partial charge in [-0.15, -0.1) is 0 Å².